The molecule has 2 heterocycles. The fourth-order valence-corrected chi connectivity index (χ4v) is 2.25. The van der Waals surface area contributed by atoms with Crippen molar-refractivity contribution in [1.29, 1.82) is 0 Å². The summed E-state index contributed by atoms with van der Waals surface area (Å²) in [6.07, 6.45) is 1.37. The van der Waals surface area contributed by atoms with E-state index in [-0.39, 0.29) is 24.4 Å². The summed E-state index contributed by atoms with van der Waals surface area (Å²) in [7, 11) is 0. The normalized spacial score (nSPS) is 10.8. The van der Waals surface area contributed by atoms with E-state index in [1.807, 2.05) is 0 Å². The predicted molar refractivity (Wildman–Crippen MR) is 79.8 cm³/mol. The lowest BCUT2D eigenvalue weighted by atomic mass is 10.3. The number of aromatic amines is 1. The van der Waals surface area contributed by atoms with Crippen molar-refractivity contribution in [3.8, 4) is 0 Å². The van der Waals surface area contributed by atoms with Gasteiger partial charge in [0.15, 0.2) is 5.76 Å². The Morgan fingerprint density at radius 2 is 2.13 bits per heavy atom. The van der Waals surface area contributed by atoms with Gasteiger partial charge in [-0.25, -0.2) is 4.39 Å². The van der Waals surface area contributed by atoms with Crippen molar-refractivity contribution in [2.45, 2.75) is 6.54 Å². The molecule has 0 fully saturated rings. The monoisotopic (exact) mass is 317 g/mol. The number of nitrogens with zero attached hydrogens (tertiary/aromatic N) is 1. The Kier molecular flexibility index (Phi) is 3.80. The molecule has 8 heteroatoms. The van der Waals surface area contributed by atoms with Crippen LogP contribution in [0.15, 0.2) is 50.6 Å². The van der Waals surface area contributed by atoms with Crippen molar-refractivity contribution in [3.05, 3.63) is 68.9 Å². The summed E-state index contributed by atoms with van der Waals surface area (Å²) >= 11 is 0. The zero-order valence-electron chi connectivity index (χ0n) is 11.8. The highest BCUT2D eigenvalue weighted by molar-refractivity contribution is 5.91. The lowest BCUT2D eigenvalue weighted by Gasteiger charge is -2.10. The minimum Gasteiger partial charge on any atom is -0.459 e. The maximum Gasteiger partial charge on any atom is 0.316 e. The molecular weight excluding hydrogens is 305 g/mol. The summed E-state index contributed by atoms with van der Waals surface area (Å²) in [4.78, 5) is 37.7. The first kappa shape index (κ1) is 14.8. The van der Waals surface area contributed by atoms with Crippen LogP contribution in [0.3, 0.4) is 0 Å². The summed E-state index contributed by atoms with van der Waals surface area (Å²) in [5, 5.41) is 2.58. The standard InChI is InChI=1S/C15H12FN3O4/c16-9-3-4-11-10(8-9)18-14(21)15(22)19(11)6-5-17-13(20)12-2-1-7-23-12/h1-4,7-8H,5-6H2,(H,17,20)(H,18,21). The summed E-state index contributed by atoms with van der Waals surface area (Å²) < 4.78 is 19.4. The molecule has 0 atom stereocenters. The van der Waals surface area contributed by atoms with Gasteiger partial charge in [0.05, 0.1) is 17.3 Å². The van der Waals surface area contributed by atoms with E-state index in [2.05, 4.69) is 10.3 Å². The number of amides is 1. The van der Waals surface area contributed by atoms with Crippen LogP contribution >= 0.6 is 0 Å². The van der Waals surface area contributed by atoms with Crippen molar-refractivity contribution < 1.29 is 13.6 Å². The highest BCUT2D eigenvalue weighted by Gasteiger charge is 2.10. The third kappa shape index (κ3) is 2.91. The van der Waals surface area contributed by atoms with E-state index < -0.39 is 22.8 Å². The average molecular weight is 317 g/mol. The third-order valence-electron chi connectivity index (χ3n) is 3.30. The predicted octanol–water partition coefficient (Wildman–Crippen LogP) is 0.852. The second-order valence-electron chi connectivity index (χ2n) is 4.81. The maximum atomic E-state index is 13.2. The largest absolute Gasteiger partial charge is 0.459 e. The van der Waals surface area contributed by atoms with Gasteiger partial charge in [0.2, 0.25) is 0 Å². The van der Waals surface area contributed by atoms with Crippen LogP contribution in [-0.4, -0.2) is 22.0 Å². The molecule has 23 heavy (non-hydrogen) atoms. The third-order valence-corrected chi connectivity index (χ3v) is 3.30. The Labute approximate surface area is 128 Å². The van der Waals surface area contributed by atoms with Crippen LogP contribution in [0.25, 0.3) is 11.0 Å². The maximum absolute atomic E-state index is 13.2. The zero-order chi connectivity index (χ0) is 16.4. The van der Waals surface area contributed by atoms with Gasteiger partial charge >= 0.3 is 11.1 Å². The first-order valence-corrected chi connectivity index (χ1v) is 6.80. The van der Waals surface area contributed by atoms with Crippen molar-refractivity contribution in [2.24, 2.45) is 0 Å². The number of benzene rings is 1. The van der Waals surface area contributed by atoms with Crippen LogP contribution in [0.4, 0.5) is 4.39 Å². The Hall–Kier alpha value is -3.16. The van der Waals surface area contributed by atoms with E-state index in [1.54, 1.807) is 6.07 Å². The minimum atomic E-state index is -0.847. The number of H-pyrrole nitrogens is 1. The number of halogens is 1. The molecule has 0 saturated heterocycles. The summed E-state index contributed by atoms with van der Waals surface area (Å²) in [5.74, 6) is -0.803. The van der Waals surface area contributed by atoms with Gasteiger partial charge in [-0.05, 0) is 30.3 Å². The highest BCUT2D eigenvalue weighted by atomic mass is 19.1. The lowest BCUT2D eigenvalue weighted by Crippen LogP contribution is -2.39. The fraction of sp³-hybridized carbons (Fsp3) is 0.133. The van der Waals surface area contributed by atoms with Gasteiger partial charge in [0.1, 0.15) is 5.82 Å². The first-order valence-electron chi connectivity index (χ1n) is 6.80. The molecule has 3 aromatic rings. The van der Waals surface area contributed by atoms with Gasteiger partial charge in [-0.3, -0.25) is 14.4 Å². The van der Waals surface area contributed by atoms with Crippen LogP contribution in [0.2, 0.25) is 0 Å². The topological polar surface area (TPSA) is 97.1 Å². The number of hydrogen-bond acceptors (Lipinski definition) is 4. The Morgan fingerprint density at radius 3 is 2.87 bits per heavy atom. The quantitative estimate of drug-likeness (QED) is 0.697. The average Bonchev–Trinajstić information content (AvgIpc) is 3.05. The van der Waals surface area contributed by atoms with Crippen LogP contribution in [0.1, 0.15) is 10.6 Å². The lowest BCUT2D eigenvalue weighted by molar-refractivity contribution is 0.0924. The van der Waals surface area contributed by atoms with E-state index in [0.29, 0.717) is 5.52 Å². The summed E-state index contributed by atoms with van der Waals surface area (Å²) in [5.41, 5.74) is -1.02. The molecule has 7 nitrogen and oxygen atoms in total. The van der Waals surface area contributed by atoms with Crippen molar-refractivity contribution >= 4 is 16.9 Å². The molecular formula is C15H12FN3O4. The zero-order valence-corrected chi connectivity index (χ0v) is 11.8. The molecule has 1 aromatic carbocycles. The molecule has 0 spiro atoms. The Bertz CT molecular complexity index is 973. The molecule has 0 aliphatic heterocycles. The molecule has 0 aliphatic rings. The van der Waals surface area contributed by atoms with E-state index >= 15 is 0 Å². The smallest absolute Gasteiger partial charge is 0.316 e. The number of fused-ring (bicyclic) bond motifs is 1. The van der Waals surface area contributed by atoms with Gasteiger partial charge < -0.3 is 19.3 Å². The minimum absolute atomic E-state index is 0.0668. The number of hydrogen-bond donors (Lipinski definition) is 2. The van der Waals surface area contributed by atoms with Crippen LogP contribution in [0.5, 0.6) is 0 Å². The van der Waals surface area contributed by atoms with Gasteiger partial charge in [-0.1, -0.05) is 0 Å². The Balaban J connectivity index is 1.85. The highest BCUT2D eigenvalue weighted by Crippen LogP contribution is 2.10. The van der Waals surface area contributed by atoms with Crippen molar-refractivity contribution in [1.82, 2.24) is 14.9 Å². The van der Waals surface area contributed by atoms with E-state index in [0.717, 1.165) is 6.07 Å². The Morgan fingerprint density at radius 1 is 1.30 bits per heavy atom. The molecule has 0 saturated carbocycles. The van der Waals surface area contributed by atoms with Crippen molar-refractivity contribution in [3.63, 3.8) is 0 Å². The number of carbonyl (C=O) groups excluding carboxylic acids is 1. The summed E-state index contributed by atoms with van der Waals surface area (Å²) in [6, 6.07) is 6.81. The first-order chi connectivity index (χ1) is 11.1. The van der Waals surface area contributed by atoms with Gasteiger partial charge in [-0.2, -0.15) is 0 Å². The van der Waals surface area contributed by atoms with Gasteiger partial charge in [0, 0.05) is 13.1 Å². The molecule has 0 aliphatic carbocycles. The summed E-state index contributed by atoms with van der Waals surface area (Å²) in [6.45, 7) is 0.173. The van der Waals surface area contributed by atoms with Gasteiger partial charge in [-0.15, -0.1) is 0 Å². The van der Waals surface area contributed by atoms with E-state index in [9.17, 15) is 18.8 Å². The fourth-order valence-electron chi connectivity index (χ4n) is 2.25. The van der Waals surface area contributed by atoms with Crippen LogP contribution in [-0.2, 0) is 6.54 Å². The van der Waals surface area contributed by atoms with E-state index in [1.165, 1.54) is 29.0 Å². The second kappa shape index (κ2) is 5.91. The molecule has 1 amide bonds. The van der Waals surface area contributed by atoms with E-state index in [4.69, 9.17) is 4.42 Å². The number of rotatable bonds is 4. The SMILES string of the molecule is O=C(NCCn1c(=O)c(=O)[nH]c2cc(F)ccc21)c1ccco1. The van der Waals surface area contributed by atoms with Crippen molar-refractivity contribution in [2.75, 3.05) is 6.54 Å². The van der Waals surface area contributed by atoms with Gasteiger partial charge in [0.25, 0.3) is 5.91 Å². The van der Waals surface area contributed by atoms with Crippen LogP contribution < -0.4 is 16.4 Å². The molecule has 3 rings (SSSR count). The number of furan rings is 1. The number of carbonyl (C=O) groups is 1. The molecule has 0 bridgehead atoms. The van der Waals surface area contributed by atoms with Crippen LogP contribution in [0, 0.1) is 5.82 Å². The molecule has 0 unspecified atom stereocenters. The second-order valence-corrected chi connectivity index (χ2v) is 4.81. The number of aromatic nitrogens is 2. The number of nitrogens with one attached hydrogen (secondary N) is 2. The molecule has 2 N–H and O–H groups in total. The molecule has 118 valence electrons. The molecule has 2 aromatic heterocycles. The molecule has 0 radical (unpaired) electrons.